The molecule has 1 aliphatic heterocycles. The number of hydrogen-bond acceptors (Lipinski definition) is 5. The van der Waals surface area contributed by atoms with Gasteiger partial charge in [-0.1, -0.05) is 0 Å². The fourth-order valence-corrected chi connectivity index (χ4v) is 3.20. The molecule has 0 spiro atoms. The molecule has 1 aromatic heterocycles. The van der Waals surface area contributed by atoms with E-state index in [1.54, 1.807) is 11.3 Å². The summed E-state index contributed by atoms with van der Waals surface area (Å²) in [5, 5.41) is 13.4. The lowest BCUT2D eigenvalue weighted by Crippen LogP contribution is -2.36. The molecule has 1 fully saturated rings. The topological polar surface area (TPSA) is 48.4 Å². The van der Waals surface area contributed by atoms with Crippen LogP contribution in [0.4, 0.5) is 5.13 Å². The Morgan fingerprint density at radius 1 is 1.65 bits per heavy atom. The molecule has 17 heavy (non-hydrogen) atoms. The van der Waals surface area contributed by atoms with Crippen molar-refractivity contribution in [1.29, 1.82) is 0 Å². The highest BCUT2D eigenvalue weighted by molar-refractivity contribution is 7.15. The molecular formula is C12H21N3OS. The Morgan fingerprint density at radius 2 is 2.53 bits per heavy atom. The van der Waals surface area contributed by atoms with Crippen molar-refractivity contribution >= 4 is 16.5 Å². The predicted octanol–water partition coefficient (Wildman–Crippen LogP) is 1.78. The van der Waals surface area contributed by atoms with Crippen LogP contribution in [-0.4, -0.2) is 41.2 Å². The first-order valence-corrected chi connectivity index (χ1v) is 7.15. The number of aliphatic hydroxyl groups is 1. The maximum absolute atomic E-state index is 9.20. The first-order valence-electron chi connectivity index (χ1n) is 6.33. The van der Waals surface area contributed by atoms with E-state index in [9.17, 15) is 5.11 Å². The van der Waals surface area contributed by atoms with E-state index in [0.717, 1.165) is 31.3 Å². The second-order valence-corrected chi connectivity index (χ2v) is 5.70. The average molecular weight is 255 g/mol. The Kier molecular flexibility index (Phi) is 4.76. The summed E-state index contributed by atoms with van der Waals surface area (Å²) < 4.78 is 0. The average Bonchev–Trinajstić information content (AvgIpc) is 2.77. The number of hydrogen-bond donors (Lipinski definition) is 2. The summed E-state index contributed by atoms with van der Waals surface area (Å²) in [7, 11) is 0. The second kappa shape index (κ2) is 6.33. The number of thiazole rings is 1. The molecule has 4 nitrogen and oxygen atoms in total. The zero-order valence-electron chi connectivity index (χ0n) is 10.4. The molecule has 2 rings (SSSR count). The van der Waals surface area contributed by atoms with Crippen molar-refractivity contribution in [3.05, 3.63) is 11.1 Å². The number of rotatable bonds is 5. The Hall–Kier alpha value is -0.650. The van der Waals surface area contributed by atoms with Crippen molar-refractivity contribution < 1.29 is 5.11 Å². The van der Waals surface area contributed by atoms with Crippen LogP contribution in [0.25, 0.3) is 0 Å². The molecule has 1 atom stereocenters. The van der Waals surface area contributed by atoms with Gasteiger partial charge >= 0.3 is 0 Å². The van der Waals surface area contributed by atoms with Crippen molar-refractivity contribution in [3.63, 3.8) is 0 Å². The highest BCUT2D eigenvalue weighted by Crippen LogP contribution is 2.22. The molecule has 0 aliphatic carbocycles. The van der Waals surface area contributed by atoms with Crippen LogP contribution < -0.4 is 5.32 Å². The second-order valence-electron chi connectivity index (χ2n) is 4.59. The van der Waals surface area contributed by atoms with Gasteiger partial charge in [-0.25, -0.2) is 4.98 Å². The molecule has 2 N–H and O–H groups in total. The Morgan fingerprint density at radius 3 is 3.29 bits per heavy atom. The number of piperidine rings is 1. The van der Waals surface area contributed by atoms with Crippen LogP contribution in [0.2, 0.25) is 0 Å². The minimum absolute atomic E-state index is 0.321. The van der Waals surface area contributed by atoms with Gasteiger partial charge in [-0.15, -0.1) is 11.3 Å². The fourth-order valence-electron chi connectivity index (χ4n) is 2.28. The van der Waals surface area contributed by atoms with E-state index in [4.69, 9.17) is 0 Å². The van der Waals surface area contributed by atoms with Gasteiger partial charge in [0, 0.05) is 37.3 Å². The minimum atomic E-state index is 0.321. The van der Waals surface area contributed by atoms with Crippen molar-refractivity contribution in [2.75, 3.05) is 31.6 Å². The van der Waals surface area contributed by atoms with E-state index in [0.29, 0.717) is 12.5 Å². The zero-order chi connectivity index (χ0) is 12.1. The summed E-state index contributed by atoms with van der Waals surface area (Å²) >= 11 is 1.73. The molecule has 2 heterocycles. The Labute approximate surface area is 107 Å². The SMILES string of the molecule is CCNc1ncc(CN2CCCC(CO)C2)s1. The highest BCUT2D eigenvalue weighted by Gasteiger charge is 2.19. The van der Waals surface area contributed by atoms with Gasteiger partial charge in [-0.2, -0.15) is 0 Å². The summed E-state index contributed by atoms with van der Waals surface area (Å²) in [6, 6.07) is 0. The molecule has 0 aromatic carbocycles. The first-order chi connectivity index (χ1) is 8.31. The van der Waals surface area contributed by atoms with Crippen LogP contribution in [-0.2, 0) is 6.54 Å². The van der Waals surface area contributed by atoms with E-state index < -0.39 is 0 Å². The third kappa shape index (κ3) is 3.66. The number of nitrogens with zero attached hydrogens (tertiary/aromatic N) is 2. The van der Waals surface area contributed by atoms with Gasteiger partial charge in [-0.05, 0) is 32.2 Å². The molecule has 1 aliphatic rings. The monoisotopic (exact) mass is 255 g/mol. The number of nitrogens with one attached hydrogen (secondary N) is 1. The van der Waals surface area contributed by atoms with Crippen molar-refractivity contribution in [3.8, 4) is 0 Å². The van der Waals surface area contributed by atoms with Crippen LogP contribution in [0.15, 0.2) is 6.20 Å². The molecule has 1 aromatic rings. The molecular weight excluding hydrogens is 234 g/mol. The Bertz CT molecular complexity index is 342. The molecule has 0 bridgehead atoms. The maximum Gasteiger partial charge on any atom is 0.182 e. The van der Waals surface area contributed by atoms with E-state index in [2.05, 4.69) is 22.1 Å². The predicted molar refractivity (Wildman–Crippen MR) is 71.4 cm³/mol. The van der Waals surface area contributed by atoms with E-state index in [1.165, 1.54) is 17.7 Å². The van der Waals surface area contributed by atoms with E-state index in [-0.39, 0.29) is 0 Å². The quantitative estimate of drug-likeness (QED) is 0.842. The lowest BCUT2D eigenvalue weighted by Gasteiger charge is -2.31. The zero-order valence-corrected chi connectivity index (χ0v) is 11.2. The van der Waals surface area contributed by atoms with Crippen molar-refractivity contribution in [1.82, 2.24) is 9.88 Å². The van der Waals surface area contributed by atoms with Gasteiger partial charge in [0.25, 0.3) is 0 Å². The van der Waals surface area contributed by atoms with E-state index >= 15 is 0 Å². The summed E-state index contributed by atoms with van der Waals surface area (Å²) in [6.07, 6.45) is 4.33. The number of aromatic nitrogens is 1. The van der Waals surface area contributed by atoms with Crippen LogP contribution in [0, 0.1) is 5.92 Å². The molecule has 5 heteroatoms. The van der Waals surface area contributed by atoms with Crippen LogP contribution in [0.5, 0.6) is 0 Å². The van der Waals surface area contributed by atoms with Gasteiger partial charge in [0.15, 0.2) is 5.13 Å². The van der Waals surface area contributed by atoms with Crippen LogP contribution in [0.1, 0.15) is 24.6 Å². The van der Waals surface area contributed by atoms with Crippen molar-refractivity contribution in [2.45, 2.75) is 26.3 Å². The van der Waals surface area contributed by atoms with Gasteiger partial charge in [0.05, 0.1) is 0 Å². The normalized spacial score (nSPS) is 21.6. The summed E-state index contributed by atoms with van der Waals surface area (Å²) in [5.41, 5.74) is 0. The molecule has 0 amide bonds. The van der Waals surface area contributed by atoms with Gasteiger partial charge < -0.3 is 10.4 Å². The lowest BCUT2D eigenvalue weighted by molar-refractivity contribution is 0.116. The van der Waals surface area contributed by atoms with Gasteiger partial charge in [0.2, 0.25) is 0 Å². The fraction of sp³-hybridized carbons (Fsp3) is 0.750. The van der Waals surface area contributed by atoms with Crippen molar-refractivity contribution in [2.24, 2.45) is 5.92 Å². The smallest absolute Gasteiger partial charge is 0.182 e. The van der Waals surface area contributed by atoms with Gasteiger partial charge in [-0.3, -0.25) is 4.90 Å². The molecule has 0 radical (unpaired) electrons. The molecule has 1 saturated heterocycles. The third-order valence-corrected chi connectivity index (χ3v) is 4.06. The lowest BCUT2D eigenvalue weighted by atomic mass is 9.99. The molecule has 96 valence electrons. The van der Waals surface area contributed by atoms with Crippen LogP contribution in [0.3, 0.4) is 0 Å². The van der Waals surface area contributed by atoms with Gasteiger partial charge in [0.1, 0.15) is 0 Å². The molecule has 1 unspecified atom stereocenters. The largest absolute Gasteiger partial charge is 0.396 e. The first kappa shape index (κ1) is 12.8. The molecule has 0 saturated carbocycles. The number of anilines is 1. The standard InChI is InChI=1S/C12H21N3OS/c1-2-13-12-14-6-11(17-12)8-15-5-3-4-10(7-15)9-16/h6,10,16H,2-5,7-9H2,1H3,(H,13,14). The number of likely N-dealkylation sites (tertiary alicyclic amines) is 1. The highest BCUT2D eigenvalue weighted by atomic mass is 32.1. The maximum atomic E-state index is 9.20. The Balaban J connectivity index is 1.86. The summed E-state index contributed by atoms with van der Waals surface area (Å²) in [4.78, 5) is 8.07. The minimum Gasteiger partial charge on any atom is -0.396 e. The summed E-state index contributed by atoms with van der Waals surface area (Å²) in [5.74, 6) is 0.463. The summed E-state index contributed by atoms with van der Waals surface area (Å²) in [6.45, 7) is 6.46. The third-order valence-electron chi connectivity index (χ3n) is 3.12. The van der Waals surface area contributed by atoms with Crippen LogP contribution >= 0.6 is 11.3 Å². The van der Waals surface area contributed by atoms with E-state index in [1.807, 2.05) is 6.20 Å². The number of aliphatic hydroxyl groups excluding tert-OH is 1.